The Bertz CT molecular complexity index is 462. The summed E-state index contributed by atoms with van der Waals surface area (Å²) in [6.45, 7) is 6.14. The number of carbonyl (C=O) groups excluding carboxylic acids is 2. The van der Waals surface area contributed by atoms with E-state index < -0.39 is 0 Å². The molecule has 0 unspecified atom stereocenters. The first kappa shape index (κ1) is 11.9. The number of hydrogen-bond acceptors (Lipinski definition) is 3. The van der Waals surface area contributed by atoms with Crippen molar-refractivity contribution in [3.63, 3.8) is 0 Å². The van der Waals surface area contributed by atoms with Gasteiger partial charge in [-0.3, -0.25) is 9.59 Å². The summed E-state index contributed by atoms with van der Waals surface area (Å²) in [6, 6.07) is 0. The summed E-state index contributed by atoms with van der Waals surface area (Å²) in [5, 5.41) is 0. The van der Waals surface area contributed by atoms with E-state index in [-0.39, 0.29) is 29.3 Å². The van der Waals surface area contributed by atoms with Crippen LogP contribution in [0.2, 0.25) is 0 Å². The van der Waals surface area contributed by atoms with Gasteiger partial charge in [0.15, 0.2) is 5.78 Å². The lowest BCUT2D eigenvalue weighted by Crippen LogP contribution is -2.40. The van der Waals surface area contributed by atoms with Crippen molar-refractivity contribution in [2.45, 2.75) is 52.6 Å². The summed E-state index contributed by atoms with van der Waals surface area (Å²) in [7, 11) is 0. The first-order chi connectivity index (χ1) is 8.42. The maximum Gasteiger partial charge on any atom is 0.309 e. The van der Waals surface area contributed by atoms with Gasteiger partial charge in [-0.1, -0.05) is 19.4 Å². The van der Waals surface area contributed by atoms with Gasteiger partial charge in [-0.05, 0) is 37.2 Å². The summed E-state index contributed by atoms with van der Waals surface area (Å²) in [6.07, 6.45) is 3.39. The topological polar surface area (TPSA) is 43.4 Å². The molecule has 3 rings (SSSR count). The number of allylic oxidation sites excluding steroid dienone is 2. The molecule has 1 heterocycles. The van der Waals surface area contributed by atoms with Gasteiger partial charge in [0.25, 0.3) is 0 Å². The van der Waals surface area contributed by atoms with Gasteiger partial charge in [-0.15, -0.1) is 0 Å². The number of fused-ring (bicyclic) bond motifs is 2. The van der Waals surface area contributed by atoms with Crippen molar-refractivity contribution in [2.24, 2.45) is 17.3 Å². The molecule has 1 aliphatic heterocycles. The maximum absolute atomic E-state index is 11.9. The Balaban J connectivity index is 2.00. The third-order valence-electron chi connectivity index (χ3n) is 5.35. The molecule has 3 nitrogen and oxygen atoms in total. The molecular formula is C15H20O3. The van der Waals surface area contributed by atoms with Crippen LogP contribution in [0.15, 0.2) is 11.1 Å². The Morgan fingerprint density at radius 1 is 1.33 bits per heavy atom. The van der Waals surface area contributed by atoms with Crippen molar-refractivity contribution in [1.29, 1.82) is 0 Å². The first-order valence-electron chi connectivity index (χ1n) is 6.86. The highest BCUT2D eigenvalue weighted by Crippen LogP contribution is 2.54. The fourth-order valence-corrected chi connectivity index (χ4v) is 4.00. The van der Waals surface area contributed by atoms with Crippen molar-refractivity contribution in [3.8, 4) is 0 Å². The number of ether oxygens (including phenoxy) is 1. The molecule has 0 bridgehead atoms. The van der Waals surface area contributed by atoms with E-state index in [2.05, 4.69) is 6.92 Å². The fourth-order valence-electron chi connectivity index (χ4n) is 4.00. The number of carbonyl (C=O) groups is 2. The Kier molecular flexibility index (Phi) is 2.45. The third-order valence-corrected chi connectivity index (χ3v) is 5.35. The smallest absolute Gasteiger partial charge is 0.309 e. The zero-order valence-electron chi connectivity index (χ0n) is 11.3. The van der Waals surface area contributed by atoms with Gasteiger partial charge in [0.1, 0.15) is 6.10 Å². The monoisotopic (exact) mass is 248 g/mol. The molecule has 0 amide bonds. The van der Waals surface area contributed by atoms with Crippen LogP contribution in [-0.4, -0.2) is 17.9 Å². The van der Waals surface area contributed by atoms with E-state index in [0.29, 0.717) is 12.2 Å². The molecule has 0 aromatic carbocycles. The molecule has 2 aliphatic carbocycles. The standard InChI is InChI=1S/C15H20O3/c1-8-10-6-11-9(2)12(16)4-5-15(11,3)7-13(10)18-14(8)17/h8,10,13H,4-7H2,1-3H3/t8-,10+,13+,15+/m0/s1. The van der Waals surface area contributed by atoms with Gasteiger partial charge in [0.05, 0.1) is 5.92 Å². The molecule has 2 fully saturated rings. The van der Waals surface area contributed by atoms with Gasteiger partial charge >= 0.3 is 5.97 Å². The van der Waals surface area contributed by atoms with Crippen LogP contribution in [0.5, 0.6) is 0 Å². The van der Waals surface area contributed by atoms with Crippen LogP contribution >= 0.6 is 0 Å². The van der Waals surface area contributed by atoms with Gasteiger partial charge in [0.2, 0.25) is 0 Å². The van der Waals surface area contributed by atoms with Gasteiger partial charge in [-0.25, -0.2) is 0 Å². The summed E-state index contributed by atoms with van der Waals surface area (Å²) in [5.74, 6) is 0.494. The molecule has 3 aliphatic rings. The van der Waals surface area contributed by atoms with Crippen molar-refractivity contribution >= 4 is 11.8 Å². The van der Waals surface area contributed by atoms with Gasteiger partial charge < -0.3 is 4.74 Å². The number of hydrogen-bond donors (Lipinski definition) is 0. The van der Waals surface area contributed by atoms with E-state index in [0.717, 1.165) is 24.8 Å². The van der Waals surface area contributed by atoms with E-state index >= 15 is 0 Å². The highest BCUT2D eigenvalue weighted by molar-refractivity contribution is 5.96. The molecule has 0 aromatic rings. The summed E-state index contributed by atoms with van der Waals surface area (Å²) in [5.41, 5.74) is 2.32. The van der Waals surface area contributed by atoms with Gasteiger partial charge in [0, 0.05) is 12.3 Å². The average Bonchev–Trinajstić information content (AvgIpc) is 2.58. The maximum atomic E-state index is 11.9. The van der Waals surface area contributed by atoms with Crippen molar-refractivity contribution in [1.82, 2.24) is 0 Å². The van der Waals surface area contributed by atoms with E-state index in [1.54, 1.807) is 0 Å². The third kappa shape index (κ3) is 1.49. The SMILES string of the molecule is CC1=C2C[C@@H]3[C@H](C)C(=O)O[C@@H]3C[C@@]2(C)CCC1=O. The van der Waals surface area contributed by atoms with E-state index in [9.17, 15) is 9.59 Å². The van der Waals surface area contributed by atoms with Crippen LogP contribution in [0.4, 0.5) is 0 Å². The molecule has 1 saturated heterocycles. The Morgan fingerprint density at radius 3 is 2.78 bits per heavy atom. The van der Waals surface area contributed by atoms with E-state index in [1.165, 1.54) is 5.57 Å². The van der Waals surface area contributed by atoms with Crippen molar-refractivity contribution in [3.05, 3.63) is 11.1 Å². The lowest BCUT2D eigenvalue weighted by atomic mass is 9.59. The number of esters is 1. The molecule has 18 heavy (non-hydrogen) atoms. The Labute approximate surface area is 108 Å². The normalized spacial score (nSPS) is 43.6. The lowest BCUT2D eigenvalue weighted by molar-refractivity contribution is -0.145. The second-order valence-electron chi connectivity index (χ2n) is 6.42. The minimum atomic E-state index is -0.0585. The first-order valence-corrected chi connectivity index (χ1v) is 6.86. The number of rotatable bonds is 0. The van der Waals surface area contributed by atoms with E-state index in [4.69, 9.17) is 4.74 Å². The molecule has 3 heteroatoms. The summed E-state index contributed by atoms with van der Waals surface area (Å²) >= 11 is 0. The quantitative estimate of drug-likeness (QED) is 0.619. The van der Waals surface area contributed by atoms with Crippen LogP contribution in [0.1, 0.15) is 46.5 Å². The largest absolute Gasteiger partial charge is 0.462 e. The summed E-state index contributed by atoms with van der Waals surface area (Å²) < 4.78 is 5.51. The number of Topliss-reactive ketones (excluding diaryl/α,β-unsaturated/α-hetero) is 1. The zero-order chi connectivity index (χ0) is 13.1. The Hall–Kier alpha value is -1.12. The molecule has 98 valence electrons. The molecule has 4 atom stereocenters. The van der Waals surface area contributed by atoms with Crippen LogP contribution in [0.3, 0.4) is 0 Å². The number of ketones is 1. The van der Waals surface area contributed by atoms with Gasteiger partial charge in [-0.2, -0.15) is 0 Å². The molecule has 0 spiro atoms. The minimum absolute atomic E-state index is 0.0168. The Morgan fingerprint density at radius 2 is 2.06 bits per heavy atom. The van der Waals surface area contributed by atoms with Crippen LogP contribution in [0, 0.1) is 17.3 Å². The highest BCUT2D eigenvalue weighted by Gasteiger charge is 2.52. The molecule has 0 aromatic heterocycles. The summed E-state index contributed by atoms with van der Waals surface area (Å²) in [4.78, 5) is 23.6. The second kappa shape index (κ2) is 3.69. The van der Waals surface area contributed by atoms with Crippen LogP contribution in [-0.2, 0) is 14.3 Å². The van der Waals surface area contributed by atoms with E-state index in [1.807, 2.05) is 13.8 Å². The molecular weight excluding hydrogens is 228 g/mol. The van der Waals surface area contributed by atoms with Crippen molar-refractivity contribution < 1.29 is 14.3 Å². The van der Waals surface area contributed by atoms with Crippen LogP contribution < -0.4 is 0 Å². The molecule has 1 saturated carbocycles. The predicted molar refractivity (Wildman–Crippen MR) is 66.8 cm³/mol. The lowest BCUT2D eigenvalue weighted by Gasteiger charge is -2.45. The zero-order valence-corrected chi connectivity index (χ0v) is 11.3. The molecule has 0 radical (unpaired) electrons. The second-order valence-corrected chi connectivity index (χ2v) is 6.42. The van der Waals surface area contributed by atoms with Crippen LogP contribution in [0.25, 0.3) is 0 Å². The van der Waals surface area contributed by atoms with Crippen molar-refractivity contribution in [2.75, 3.05) is 0 Å². The highest BCUT2D eigenvalue weighted by atomic mass is 16.6. The molecule has 0 N–H and O–H groups in total. The predicted octanol–water partition coefficient (Wildman–Crippen LogP) is 2.64. The minimum Gasteiger partial charge on any atom is -0.462 e. The average molecular weight is 248 g/mol. The fraction of sp³-hybridized carbons (Fsp3) is 0.733.